The van der Waals surface area contributed by atoms with Crippen LogP contribution in [0, 0.1) is 6.92 Å². The molecule has 1 aromatic carbocycles. The van der Waals surface area contributed by atoms with Gasteiger partial charge in [0.05, 0.1) is 0 Å². The van der Waals surface area contributed by atoms with Crippen LogP contribution in [0.4, 0.5) is 0 Å². The van der Waals surface area contributed by atoms with E-state index in [4.69, 9.17) is 0 Å². The molecular weight excluding hydrogens is 262 g/mol. The zero-order valence-corrected chi connectivity index (χ0v) is 13.8. The largest absolute Gasteiger partial charge is 0.307 e. The lowest BCUT2D eigenvalue weighted by Crippen LogP contribution is -2.30. The van der Waals surface area contributed by atoms with Crippen LogP contribution < -0.4 is 5.32 Å². The van der Waals surface area contributed by atoms with Gasteiger partial charge in [-0.2, -0.15) is 0 Å². The second-order valence-electron chi connectivity index (χ2n) is 5.60. The van der Waals surface area contributed by atoms with E-state index in [1.54, 1.807) is 0 Å². The lowest BCUT2D eigenvalue weighted by molar-refractivity contribution is 0.479. The third-order valence-electron chi connectivity index (χ3n) is 3.73. The first-order valence-corrected chi connectivity index (χ1v) is 8.30. The number of aryl methyl sites for hydroxylation is 2. The van der Waals surface area contributed by atoms with Crippen molar-refractivity contribution >= 4 is 11.3 Å². The van der Waals surface area contributed by atoms with Gasteiger partial charge in [0, 0.05) is 21.8 Å². The van der Waals surface area contributed by atoms with E-state index in [0.717, 1.165) is 12.8 Å². The summed E-state index contributed by atoms with van der Waals surface area (Å²) in [5.41, 5.74) is 2.78. The van der Waals surface area contributed by atoms with Crippen molar-refractivity contribution in [1.29, 1.82) is 0 Å². The Morgan fingerprint density at radius 3 is 2.30 bits per heavy atom. The van der Waals surface area contributed by atoms with Crippen LogP contribution in [0.3, 0.4) is 0 Å². The Morgan fingerprint density at radius 1 is 1.05 bits per heavy atom. The van der Waals surface area contributed by atoms with Crippen molar-refractivity contribution in [3.63, 3.8) is 0 Å². The highest BCUT2D eigenvalue weighted by Gasteiger charge is 2.10. The van der Waals surface area contributed by atoms with Crippen LogP contribution in [0.1, 0.15) is 47.7 Å². The maximum atomic E-state index is 3.70. The molecule has 0 aliphatic carbocycles. The Kier molecular flexibility index (Phi) is 5.38. The molecule has 2 rings (SSSR count). The van der Waals surface area contributed by atoms with Crippen LogP contribution in [-0.2, 0) is 12.8 Å². The molecule has 2 unspecified atom stereocenters. The average molecular weight is 287 g/mol. The molecule has 0 aliphatic rings. The highest BCUT2D eigenvalue weighted by Crippen LogP contribution is 2.19. The summed E-state index contributed by atoms with van der Waals surface area (Å²) in [7, 11) is 0. The minimum atomic E-state index is 0.400. The van der Waals surface area contributed by atoms with Gasteiger partial charge in [-0.3, -0.25) is 0 Å². The van der Waals surface area contributed by atoms with Crippen molar-refractivity contribution in [1.82, 2.24) is 5.32 Å². The standard InChI is InChI=1S/C18H25NS/c1-5-16-7-9-17(10-8-16)15(4)19-13(2)12-18-11-6-14(3)20-18/h6-11,13,15,19H,5,12H2,1-4H3. The summed E-state index contributed by atoms with van der Waals surface area (Å²) in [5.74, 6) is 0. The number of hydrogen-bond donors (Lipinski definition) is 1. The van der Waals surface area contributed by atoms with E-state index >= 15 is 0 Å². The van der Waals surface area contributed by atoms with E-state index in [-0.39, 0.29) is 0 Å². The van der Waals surface area contributed by atoms with Gasteiger partial charge in [0.1, 0.15) is 0 Å². The quantitative estimate of drug-likeness (QED) is 0.796. The summed E-state index contributed by atoms with van der Waals surface area (Å²) in [6.07, 6.45) is 2.21. The van der Waals surface area contributed by atoms with E-state index in [2.05, 4.69) is 69.4 Å². The molecule has 0 bridgehead atoms. The average Bonchev–Trinajstić information content (AvgIpc) is 2.84. The SMILES string of the molecule is CCc1ccc(C(C)NC(C)Cc2ccc(C)s2)cc1. The normalized spacial score (nSPS) is 14.2. The van der Waals surface area contributed by atoms with Gasteiger partial charge in [-0.25, -0.2) is 0 Å². The fourth-order valence-corrected chi connectivity index (χ4v) is 3.54. The molecular formula is C18H25NS. The van der Waals surface area contributed by atoms with Crippen molar-refractivity contribution in [3.05, 3.63) is 57.3 Å². The number of rotatable bonds is 6. The van der Waals surface area contributed by atoms with Crippen LogP contribution in [0.5, 0.6) is 0 Å². The zero-order valence-electron chi connectivity index (χ0n) is 12.9. The molecule has 2 atom stereocenters. The summed E-state index contributed by atoms with van der Waals surface area (Å²) >= 11 is 1.90. The summed E-state index contributed by atoms with van der Waals surface area (Å²) in [6, 6.07) is 14.3. The van der Waals surface area contributed by atoms with Crippen molar-refractivity contribution in [2.24, 2.45) is 0 Å². The molecule has 108 valence electrons. The third kappa shape index (κ3) is 4.19. The Morgan fingerprint density at radius 2 is 1.75 bits per heavy atom. The van der Waals surface area contributed by atoms with Crippen molar-refractivity contribution in [2.45, 2.75) is 52.6 Å². The Bertz CT molecular complexity index is 527. The first kappa shape index (κ1) is 15.3. The molecule has 1 nitrogen and oxygen atoms in total. The zero-order chi connectivity index (χ0) is 14.5. The van der Waals surface area contributed by atoms with Gasteiger partial charge >= 0.3 is 0 Å². The maximum absolute atomic E-state index is 3.70. The van der Waals surface area contributed by atoms with Gasteiger partial charge in [-0.15, -0.1) is 11.3 Å². The number of benzene rings is 1. The Hall–Kier alpha value is -1.12. The number of thiophene rings is 1. The summed E-state index contributed by atoms with van der Waals surface area (Å²) in [6.45, 7) is 8.88. The minimum Gasteiger partial charge on any atom is -0.307 e. The monoisotopic (exact) mass is 287 g/mol. The van der Waals surface area contributed by atoms with Crippen LogP contribution in [0.2, 0.25) is 0 Å². The molecule has 1 aromatic heterocycles. The van der Waals surface area contributed by atoms with Gasteiger partial charge < -0.3 is 5.32 Å². The van der Waals surface area contributed by atoms with Gasteiger partial charge in [-0.1, -0.05) is 31.2 Å². The number of hydrogen-bond acceptors (Lipinski definition) is 2. The summed E-state index contributed by atoms with van der Waals surface area (Å²) in [4.78, 5) is 2.87. The fourth-order valence-electron chi connectivity index (χ4n) is 2.52. The van der Waals surface area contributed by atoms with Crippen LogP contribution in [0.25, 0.3) is 0 Å². The second kappa shape index (κ2) is 7.05. The predicted octanol–water partition coefficient (Wildman–Crippen LogP) is 4.90. The van der Waals surface area contributed by atoms with Gasteiger partial charge in [0.2, 0.25) is 0 Å². The highest BCUT2D eigenvalue weighted by molar-refractivity contribution is 7.11. The van der Waals surface area contributed by atoms with Crippen LogP contribution in [0.15, 0.2) is 36.4 Å². The number of nitrogens with one attached hydrogen (secondary N) is 1. The van der Waals surface area contributed by atoms with E-state index in [1.807, 2.05) is 11.3 Å². The van der Waals surface area contributed by atoms with Gasteiger partial charge in [0.25, 0.3) is 0 Å². The van der Waals surface area contributed by atoms with Crippen LogP contribution >= 0.6 is 11.3 Å². The highest BCUT2D eigenvalue weighted by atomic mass is 32.1. The van der Waals surface area contributed by atoms with Gasteiger partial charge in [-0.05, 0) is 56.9 Å². The Balaban J connectivity index is 1.90. The van der Waals surface area contributed by atoms with Gasteiger partial charge in [0.15, 0.2) is 0 Å². The first-order valence-electron chi connectivity index (χ1n) is 7.48. The lowest BCUT2D eigenvalue weighted by Gasteiger charge is -2.20. The predicted molar refractivity (Wildman–Crippen MR) is 89.6 cm³/mol. The van der Waals surface area contributed by atoms with Crippen molar-refractivity contribution < 1.29 is 0 Å². The molecule has 0 fully saturated rings. The molecule has 1 heterocycles. The van der Waals surface area contributed by atoms with E-state index in [0.29, 0.717) is 12.1 Å². The lowest BCUT2D eigenvalue weighted by atomic mass is 10.0. The smallest absolute Gasteiger partial charge is 0.0294 e. The molecule has 2 heteroatoms. The second-order valence-corrected chi connectivity index (χ2v) is 6.97. The summed E-state index contributed by atoms with van der Waals surface area (Å²) < 4.78 is 0. The molecule has 1 N–H and O–H groups in total. The minimum absolute atomic E-state index is 0.400. The van der Waals surface area contributed by atoms with Crippen LogP contribution in [-0.4, -0.2) is 6.04 Å². The first-order chi connectivity index (χ1) is 9.58. The third-order valence-corrected chi connectivity index (χ3v) is 4.75. The molecule has 0 amide bonds. The molecule has 0 saturated heterocycles. The Labute approximate surface area is 127 Å². The fraction of sp³-hybridized carbons (Fsp3) is 0.444. The molecule has 0 saturated carbocycles. The molecule has 0 radical (unpaired) electrons. The van der Waals surface area contributed by atoms with E-state index in [9.17, 15) is 0 Å². The molecule has 2 aromatic rings. The molecule has 20 heavy (non-hydrogen) atoms. The van der Waals surface area contributed by atoms with E-state index in [1.165, 1.54) is 20.9 Å². The molecule has 0 spiro atoms. The summed E-state index contributed by atoms with van der Waals surface area (Å²) in [5, 5.41) is 3.70. The van der Waals surface area contributed by atoms with Crippen molar-refractivity contribution in [3.8, 4) is 0 Å². The topological polar surface area (TPSA) is 12.0 Å². The maximum Gasteiger partial charge on any atom is 0.0294 e. The molecule has 0 aliphatic heterocycles. The van der Waals surface area contributed by atoms with E-state index < -0.39 is 0 Å². The van der Waals surface area contributed by atoms with Crippen molar-refractivity contribution in [2.75, 3.05) is 0 Å².